The van der Waals surface area contributed by atoms with Crippen LogP contribution in [0.15, 0.2) is 67.0 Å². The molecule has 2 heterocycles. The third kappa shape index (κ3) is 2.60. The molecule has 0 radical (unpaired) electrons. The average Bonchev–Trinajstić information content (AvgIpc) is 3.11. The van der Waals surface area contributed by atoms with Crippen molar-refractivity contribution in [3.63, 3.8) is 0 Å². The van der Waals surface area contributed by atoms with Crippen molar-refractivity contribution in [3.05, 3.63) is 78.4 Å². The maximum absolute atomic E-state index is 5.76. The molecule has 0 amide bonds. The largest absolute Gasteiger partial charge is 0.289 e. The van der Waals surface area contributed by atoms with Crippen LogP contribution in [-0.2, 0) is 12.8 Å². The fourth-order valence-electron chi connectivity index (χ4n) is 3.00. The van der Waals surface area contributed by atoms with Gasteiger partial charge in [-0.2, -0.15) is 0 Å². The summed E-state index contributed by atoms with van der Waals surface area (Å²) in [7, 11) is 0. The third-order valence-electron chi connectivity index (χ3n) is 4.09. The molecule has 4 rings (SSSR count). The van der Waals surface area contributed by atoms with Crippen LogP contribution in [0.5, 0.6) is 5.75 Å². The lowest BCUT2D eigenvalue weighted by Crippen LogP contribution is -2.37. The van der Waals surface area contributed by atoms with Crippen molar-refractivity contribution in [2.75, 3.05) is 0 Å². The average molecular weight is 292 g/mol. The zero-order chi connectivity index (χ0) is 14.8. The molecule has 4 nitrogen and oxygen atoms in total. The van der Waals surface area contributed by atoms with Gasteiger partial charge in [-0.05, 0) is 24.1 Å². The molecule has 1 aromatic heterocycles. The van der Waals surface area contributed by atoms with Crippen LogP contribution < -0.4 is 9.40 Å². The van der Waals surface area contributed by atoms with Gasteiger partial charge in [-0.25, -0.2) is 4.57 Å². The van der Waals surface area contributed by atoms with Crippen LogP contribution >= 0.6 is 0 Å². The molecule has 0 N–H and O–H groups in total. The monoisotopic (exact) mass is 292 g/mol. The minimum Gasteiger partial charge on any atom is -0.289 e. The van der Waals surface area contributed by atoms with E-state index in [0.29, 0.717) is 6.04 Å². The lowest BCUT2D eigenvalue weighted by atomic mass is 10.0. The quantitative estimate of drug-likeness (QED) is 0.692. The summed E-state index contributed by atoms with van der Waals surface area (Å²) in [5.41, 5.74) is 1.37. The van der Waals surface area contributed by atoms with Gasteiger partial charge in [0.1, 0.15) is 0 Å². The number of benzene rings is 2. The molecular weight excluding hydrogens is 274 g/mol. The minimum atomic E-state index is 0.463. The van der Waals surface area contributed by atoms with Gasteiger partial charge in [0.25, 0.3) is 12.2 Å². The number of aromatic nitrogens is 3. The summed E-state index contributed by atoms with van der Waals surface area (Å²) in [6.07, 6.45) is 5.14. The van der Waals surface area contributed by atoms with Crippen LogP contribution in [0.4, 0.5) is 0 Å². The molecule has 0 fully saturated rings. The summed E-state index contributed by atoms with van der Waals surface area (Å²) in [6, 6.07) is 20.8. The highest BCUT2D eigenvalue weighted by molar-refractivity contribution is 5.20. The van der Waals surface area contributed by atoms with Crippen molar-refractivity contribution in [3.8, 4) is 5.75 Å². The van der Waals surface area contributed by atoms with Gasteiger partial charge in [0, 0.05) is 12.8 Å². The first-order valence-electron chi connectivity index (χ1n) is 7.65. The normalized spacial score (nSPS) is 16.5. The van der Waals surface area contributed by atoms with Gasteiger partial charge in [0.2, 0.25) is 0 Å². The van der Waals surface area contributed by atoms with Gasteiger partial charge in [-0.1, -0.05) is 48.5 Å². The number of hydrogen-bond donors (Lipinski definition) is 0. The molecule has 0 saturated carbocycles. The molecule has 0 spiro atoms. The van der Waals surface area contributed by atoms with E-state index in [1.54, 1.807) is 4.85 Å². The first kappa shape index (κ1) is 13.1. The van der Waals surface area contributed by atoms with Gasteiger partial charge < -0.3 is 0 Å². The van der Waals surface area contributed by atoms with Crippen molar-refractivity contribution in [2.24, 2.45) is 0 Å². The molecule has 4 heteroatoms. The predicted molar refractivity (Wildman–Crippen MR) is 82.4 cm³/mol. The van der Waals surface area contributed by atoms with Crippen molar-refractivity contribution in [1.29, 1.82) is 0 Å². The van der Waals surface area contributed by atoms with E-state index in [9.17, 15) is 0 Å². The van der Waals surface area contributed by atoms with E-state index in [-0.39, 0.29) is 0 Å². The SMILES string of the molecule is c1ccc(C[C@H]2CCc3nn(Oc4ccccc4)c[n+]32)cc1. The smallest absolute Gasteiger partial charge is 0.281 e. The van der Waals surface area contributed by atoms with E-state index in [0.717, 1.165) is 30.8 Å². The second kappa shape index (κ2) is 5.64. The summed E-state index contributed by atoms with van der Waals surface area (Å²) in [4.78, 5) is 7.33. The molecular formula is C18H18N3O+. The fraction of sp³-hybridized carbons (Fsp3) is 0.222. The Morgan fingerprint density at radius 3 is 2.55 bits per heavy atom. The van der Waals surface area contributed by atoms with Crippen LogP contribution in [0.3, 0.4) is 0 Å². The Balaban J connectivity index is 1.52. The highest BCUT2D eigenvalue weighted by Crippen LogP contribution is 2.20. The topological polar surface area (TPSA) is 30.9 Å². The number of para-hydroxylation sites is 1. The number of rotatable bonds is 4. The number of nitrogens with zero attached hydrogens (tertiary/aromatic N) is 3. The summed E-state index contributed by atoms with van der Waals surface area (Å²) < 4.78 is 2.25. The van der Waals surface area contributed by atoms with E-state index in [4.69, 9.17) is 4.84 Å². The van der Waals surface area contributed by atoms with Crippen molar-refractivity contribution < 1.29 is 9.40 Å². The zero-order valence-corrected chi connectivity index (χ0v) is 12.3. The Morgan fingerprint density at radius 2 is 1.77 bits per heavy atom. The van der Waals surface area contributed by atoms with Gasteiger partial charge in [0.05, 0.1) is 16.0 Å². The van der Waals surface area contributed by atoms with E-state index in [1.165, 1.54) is 5.56 Å². The highest BCUT2D eigenvalue weighted by Gasteiger charge is 2.32. The first-order chi connectivity index (χ1) is 10.9. The van der Waals surface area contributed by atoms with Crippen molar-refractivity contribution >= 4 is 0 Å². The number of aryl methyl sites for hydroxylation is 1. The summed E-state index contributed by atoms with van der Waals surface area (Å²) in [5, 5.41) is 4.54. The molecule has 22 heavy (non-hydrogen) atoms. The van der Waals surface area contributed by atoms with Crippen molar-refractivity contribution in [2.45, 2.75) is 25.3 Å². The maximum atomic E-state index is 5.76. The highest BCUT2D eigenvalue weighted by atomic mass is 16.7. The standard InChI is InChI=1S/C18H18N3O/c1-3-7-15(8-4-1)13-16-11-12-18-19-21(14-20(16)18)22-17-9-5-2-6-10-17/h1-10,14,16H,11-13H2/q+1/t16-/m1/s1. The molecule has 0 bridgehead atoms. The number of hydrogen-bond acceptors (Lipinski definition) is 2. The fourth-order valence-corrected chi connectivity index (χ4v) is 3.00. The third-order valence-corrected chi connectivity index (χ3v) is 4.09. The van der Waals surface area contributed by atoms with E-state index >= 15 is 0 Å². The van der Waals surface area contributed by atoms with Crippen molar-refractivity contribution in [1.82, 2.24) is 9.94 Å². The molecule has 1 aliphatic heterocycles. The number of fused-ring (bicyclic) bond motifs is 1. The lowest BCUT2D eigenvalue weighted by molar-refractivity contribution is -0.717. The minimum absolute atomic E-state index is 0.463. The first-order valence-corrected chi connectivity index (χ1v) is 7.65. The maximum Gasteiger partial charge on any atom is 0.281 e. The molecule has 0 aliphatic carbocycles. The Bertz CT molecular complexity index is 753. The molecule has 2 aromatic carbocycles. The van der Waals surface area contributed by atoms with Crippen LogP contribution in [-0.4, -0.2) is 9.94 Å². The van der Waals surface area contributed by atoms with Gasteiger partial charge in [-0.15, -0.1) is 0 Å². The molecule has 110 valence electrons. The zero-order valence-electron chi connectivity index (χ0n) is 12.3. The lowest BCUT2D eigenvalue weighted by Gasteiger charge is -2.08. The second-order valence-corrected chi connectivity index (χ2v) is 5.63. The van der Waals surface area contributed by atoms with Gasteiger partial charge >= 0.3 is 0 Å². The molecule has 1 aliphatic rings. The molecule has 0 unspecified atom stereocenters. The predicted octanol–water partition coefficient (Wildman–Crippen LogP) is 2.74. The molecule has 1 atom stereocenters. The van der Waals surface area contributed by atoms with E-state index in [2.05, 4.69) is 40.0 Å². The Kier molecular flexibility index (Phi) is 3.35. The molecule has 3 aromatic rings. The van der Waals surface area contributed by atoms with E-state index < -0.39 is 0 Å². The van der Waals surface area contributed by atoms with Gasteiger partial charge in [-0.3, -0.25) is 4.84 Å². The van der Waals surface area contributed by atoms with Crippen LogP contribution in [0.25, 0.3) is 0 Å². The molecule has 0 saturated heterocycles. The van der Waals surface area contributed by atoms with Crippen LogP contribution in [0.2, 0.25) is 0 Å². The van der Waals surface area contributed by atoms with E-state index in [1.807, 2.05) is 36.7 Å². The summed E-state index contributed by atoms with van der Waals surface area (Å²) in [5.74, 6) is 1.89. The van der Waals surface area contributed by atoms with Crippen LogP contribution in [0.1, 0.15) is 23.9 Å². The summed E-state index contributed by atoms with van der Waals surface area (Å²) in [6.45, 7) is 0. The van der Waals surface area contributed by atoms with Gasteiger partial charge in [0.15, 0.2) is 5.75 Å². The summed E-state index contributed by atoms with van der Waals surface area (Å²) >= 11 is 0. The Labute approximate surface area is 129 Å². The Morgan fingerprint density at radius 1 is 1.05 bits per heavy atom. The van der Waals surface area contributed by atoms with Crippen LogP contribution in [0, 0.1) is 0 Å². The Hall–Kier alpha value is -2.62. The second-order valence-electron chi connectivity index (χ2n) is 5.63.